The second-order valence-corrected chi connectivity index (χ2v) is 12.3. The van der Waals surface area contributed by atoms with Crippen molar-refractivity contribution in [3.05, 3.63) is 84.1 Å². The Morgan fingerprint density at radius 3 is 2.47 bits per heavy atom. The number of hydrogen-bond donors (Lipinski definition) is 5. The lowest BCUT2D eigenvalue weighted by atomic mass is 9.90. The molecule has 47 heavy (non-hydrogen) atoms. The molecule has 0 saturated heterocycles. The third-order valence-corrected chi connectivity index (χ3v) is 8.40. The number of ketones is 1. The number of ether oxygens (including phenoxy) is 1. The monoisotopic (exact) mass is 643 g/mol. The van der Waals surface area contributed by atoms with E-state index in [0.29, 0.717) is 32.2 Å². The van der Waals surface area contributed by atoms with Crippen LogP contribution in [0.1, 0.15) is 50.7 Å². The summed E-state index contributed by atoms with van der Waals surface area (Å²) in [5.74, 6) is -2.30. The Morgan fingerprint density at radius 1 is 0.979 bits per heavy atom. The van der Waals surface area contributed by atoms with Crippen LogP contribution in [0.2, 0.25) is 0 Å². The molecule has 3 aromatic rings. The fourth-order valence-corrected chi connectivity index (χ4v) is 5.77. The fraction of sp³-hybridized carbons (Fsp3) is 0.417. The van der Waals surface area contributed by atoms with Gasteiger partial charge in [0.05, 0.1) is 19.2 Å². The van der Waals surface area contributed by atoms with Gasteiger partial charge in [-0.2, -0.15) is 0 Å². The third kappa shape index (κ3) is 10.3. The molecule has 0 spiro atoms. The van der Waals surface area contributed by atoms with E-state index in [1.807, 2.05) is 60.8 Å². The highest BCUT2D eigenvalue weighted by Gasteiger charge is 2.31. The Bertz CT molecular complexity index is 1570. The van der Waals surface area contributed by atoms with E-state index in [1.165, 1.54) is 13.2 Å². The zero-order chi connectivity index (χ0) is 33.8. The lowest BCUT2D eigenvalue weighted by molar-refractivity contribution is -0.144. The predicted octanol–water partition coefficient (Wildman–Crippen LogP) is 3.74. The molecule has 1 aliphatic heterocycles. The van der Waals surface area contributed by atoms with Gasteiger partial charge in [-0.1, -0.05) is 74.9 Å². The molecule has 1 aromatic heterocycles. The Labute approximate surface area is 275 Å². The van der Waals surface area contributed by atoms with Crippen molar-refractivity contribution < 1.29 is 28.7 Å². The number of carbonyl (C=O) groups excluding carboxylic acids is 5. The summed E-state index contributed by atoms with van der Waals surface area (Å²) in [4.78, 5) is 68.8. The van der Waals surface area contributed by atoms with Crippen LogP contribution in [-0.4, -0.2) is 66.4 Å². The molecule has 11 nitrogen and oxygen atoms in total. The van der Waals surface area contributed by atoms with Crippen molar-refractivity contribution in [2.45, 2.75) is 70.5 Å². The molecule has 0 unspecified atom stereocenters. The number of benzene rings is 2. The molecule has 4 atom stereocenters. The van der Waals surface area contributed by atoms with Gasteiger partial charge < -0.3 is 31.0 Å². The maximum Gasteiger partial charge on any atom is 0.328 e. The summed E-state index contributed by atoms with van der Waals surface area (Å²) in [7, 11) is 1.25. The summed E-state index contributed by atoms with van der Waals surface area (Å²) in [5.41, 5.74) is 2.79. The van der Waals surface area contributed by atoms with Crippen LogP contribution in [0.3, 0.4) is 0 Å². The molecule has 0 fully saturated rings. The Balaban J connectivity index is 1.53. The predicted molar refractivity (Wildman–Crippen MR) is 179 cm³/mol. The first-order chi connectivity index (χ1) is 22.6. The van der Waals surface area contributed by atoms with Crippen molar-refractivity contribution in [2.24, 2.45) is 11.8 Å². The van der Waals surface area contributed by atoms with Gasteiger partial charge in [0.2, 0.25) is 11.8 Å². The maximum absolute atomic E-state index is 13.9. The molecule has 250 valence electrons. The van der Waals surface area contributed by atoms with Crippen molar-refractivity contribution in [2.75, 3.05) is 13.7 Å². The zero-order valence-electron chi connectivity index (χ0n) is 27.2. The molecule has 0 aliphatic carbocycles. The SMILES string of the molecule is COC(=O)[C@@H](NC(=O)N[C@@H](Cc1ccccc1)C(=O)C[C@H]1CCCCNC(=O)/C=C/[C@H](Cc2c[nH]c3ccccc23)NC1=O)C(C)C. The third-order valence-electron chi connectivity index (χ3n) is 8.40. The van der Waals surface area contributed by atoms with Crippen molar-refractivity contribution in [3.8, 4) is 0 Å². The van der Waals surface area contributed by atoms with Crippen molar-refractivity contribution in [1.29, 1.82) is 0 Å². The first-order valence-corrected chi connectivity index (χ1v) is 16.2. The second-order valence-electron chi connectivity index (χ2n) is 12.3. The van der Waals surface area contributed by atoms with Crippen LogP contribution >= 0.6 is 0 Å². The number of nitrogens with one attached hydrogen (secondary N) is 5. The number of carbonyl (C=O) groups is 5. The number of Topliss-reactive ketones (excluding diaryl/α,β-unsaturated/α-hetero) is 1. The van der Waals surface area contributed by atoms with Crippen molar-refractivity contribution >= 4 is 40.5 Å². The highest BCUT2D eigenvalue weighted by molar-refractivity contribution is 5.93. The average molecular weight is 644 g/mol. The number of para-hydroxylation sites is 1. The lowest BCUT2D eigenvalue weighted by Crippen LogP contribution is -2.53. The summed E-state index contributed by atoms with van der Waals surface area (Å²) >= 11 is 0. The molecule has 2 aromatic carbocycles. The number of rotatable bonds is 11. The number of aromatic amines is 1. The van der Waals surface area contributed by atoms with E-state index in [0.717, 1.165) is 22.0 Å². The molecule has 0 bridgehead atoms. The number of H-pyrrole nitrogens is 1. The molecule has 4 amide bonds. The highest BCUT2D eigenvalue weighted by atomic mass is 16.5. The number of esters is 1. The number of methoxy groups -OCH3 is 1. The largest absolute Gasteiger partial charge is 0.467 e. The summed E-state index contributed by atoms with van der Waals surface area (Å²) in [5, 5.41) is 12.4. The van der Waals surface area contributed by atoms with Gasteiger partial charge in [-0.25, -0.2) is 9.59 Å². The Hall–Kier alpha value is -4.93. The standard InChI is InChI=1S/C36H45N5O6/c1-23(2)33(35(45)47-3)41-36(46)40-30(19-24-11-5-4-6-12-24)31(42)21-25-13-9-10-18-37-32(43)17-16-27(39-34(25)44)20-26-22-38-29-15-8-7-14-28(26)29/h4-8,11-12,14-17,22-23,25,27,30,33,38H,9-10,13,18-21H2,1-3H3,(H,37,43)(H,39,44)(H2,40,41,46)/b17-16+/t25-,27-,30+,33+/m1/s1. The summed E-state index contributed by atoms with van der Waals surface area (Å²) in [6.07, 6.45) is 7.29. The number of hydrogen-bond acceptors (Lipinski definition) is 6. The molecule has 0 saturated carbocycles. The number of amides is 4. The van der Waals surface area contributed by atoms with E-state index < -0.39 is 36.0 Å². The number of fused-ring (bicyclic) bond motifs is 1. The maximum atomic E-state index is 13.9. The smallest absolute Gasteiger partial charge is 0.328 e. The average Bonchev–Trinajstić information content (AvgIpc) is 3.47. The summed E-state index contributed by atoms with van der Waals surface area (Å²) in [6.45, 7) is 4.01. The molecular formula is C36H45N5O6. The minimum Gasteiger partial charge on any atom is -0.467 e. The first kappa shape index (κ1) is 34.9. The van der Waals surface area contributed by atoms with E-state index in [-0.39, 0.29) is 36.4 Å². The Morgan fingerprint density at radius 2 is 1.72 bits per heavy atom. The molecule has 11 heteroatoms. The topological polar surface area (TPSA) is 158 Å². The van der Waals surface area contributed by atoms with E-state index in [4.69, 9.17) is 4.74 Å². The van der Waals surface area contributed by atoms with Crippen LogP contribution in [0.5, 0.6) is 0 Å². The van der Waals surface area contributed by atoms with E-state index in [9.17, 15) is 24.0 Å². The van der Waals surface area contributed by atoms with E-state index in [1.54, 1.807) is 19.9 Å². The molecule has 5 N–H and O–H groups in total. The quantitative estimate of drug-likeness (QED) is 0.200. The van der Waals surface area contributed by atoms with Crippen molar-refractivity contribution in [3.63, 3.8) is 0 Å². The molecule has 2 heterocycles. The van der Waals surface area contributed by atoms with Gasteiger partial charge in [0, 0.05) is 42.1 Å². The Kier molecular flexibility index (Phi) is 12.7. The van der Waals surface area contributed by atoms with E-state index in [2.05, 4.69) is 26.3 Å². The normalized spacial score (nSPS) is 19.3. The highest BCUT2D eigenvalue weighted by Crippen LogP contribution is 2.21. The first-order valence-electron chi connectivity index (χ1n) is 16.2. The van der Waals surface area contributed by atoms with Gasteiger partial charge in [-0.05, 0) is 48.8 Å². The molecule has 1 aliphatic rings. The minimum atomic E-state index is -0.946. The minimum absolute atomic E-state index is 0.0932. The van der Waals surface area contributed by atoms with Crippen LogP contribution in [0.25, 0.3) is 10.9 Å². The molecule has 0 radical (unpaired) electrons. The molecular weight excluding hydrogens is 598 g/mol. The van der Waals surface area contributed by atoms with Crippen LogP contribution in [0.15, 0.2) is 72.9 Å². The van der Waals surface area contributed by atoms with Gasteiger partial charge in [0.25, 0.3) is 0 Å². The molecule has 4 rings (SSSR count). The van der Waals surface area contributed by atoms with Crippen LogP contribution < -0.4 is 21.3 Å². The van der Waals surface area contributed by atoms with Crippen LogP contribution in [0.4, 0.5) is 4.79 Å². The summed E-state index contributed by atoms with van der Waals surface area (Å²) in [6, 6.07) is 14.1. The van der Waals surface area contributed by atoms with Gasteiger partial charge in [-0.3, -0.25) is 14.4 Å². The lowest BCUT2D eigenvalue weighted by Gasteiger charge is -2.25. The number of urea groups is 1. The van der Waals surface area contributed by atoms with Crippen LogP contribution in [-0.2, 0) is 36.8 Å². The van der Waals surface area contributed by atoms with Gasteiger partial charge in [-0.15, -0.1) is 0 Å². The zero-order valence-corrected chi connectivity index (χ0v) is 27.2. The van der Waals surface area contributed by atoms with Gasteiger partial charge in [0.1, 0.15) is 6.04 Å². The van der Waals surface area contributed by atoms with E-state index >= 15 is 0 Å². The second kappa shape index (κ2) is 17.1. The van der Waals surface area contributed by atoms with Gasteiger partial charge >= 0.3 is 12.0 Å². The van der Waals surface area contributed by atoms with Crippen molar-refractivity contribution in [1.82, 2.24) is 26.3 Å². The number of aromatic nitrogens is 1. The summed E-state index contributed by atoms with van der Waals surface area (Å²) < 4.78 is 4.84. The van der Waals surface area contributed by atoms with Crippen LogP contribution in [0, 0.1) is 11.8 Å². The van der Waals surface area contributed by atoms with Gasteiger partial charge in [0.15, 0.2) is 5.78 Å². The fourth-order valence-electron chi connectivity index (χ4n) is 5.77.